The lowest BCUT2D eigenvalue weighted by atomic mass is 9.97. The lowest BCUT2D eigenvalue weighted by Crippen LogP contribution is -2.25. The molecule has 0 aromatic carbocycles. The average molecular weight is 421 g/mol. The second-order valence-corrected chi connectivity index (χ2v) is 9.81. The van der Waals surface area contributed by atoms with Crippen LogP contribution in [0.15, 0.2) is 0 Å². The Morgan fingerprint density at radius 1 is 0.607 bits per heavy atom. The van der Waals surface area contributed by atoms with E-state index in [9.17, 15) is 0 Å². The third kappa shape index (κ3) is 22.6. The molecule has 0 bridgehead atoms. The molecular weight excluding hydrogens is 371 g/mol. The minimum absolute atomic E-state index is 0.179. The van der Waals surface area contributed by atoms with E-state index < -0.39 is 8.60 Å². The topological polar surface area (TPSA) is 58.9 Å². The van der Waals surface area contributed by atoms with Gasteiger partial charge in [-0.25, -0.2) is 0 Å². The van der Waals surface area contributed by atoms with Gasteiger partial charge in [-0.15, -0.1) is 0 Å². The van der Waals surface area contributed by atoms with Crippen molar-refractivity contribution in [2.75, 3.05) is 19.8 Å². The summed E-state index contributed by atoms with van der Waals surface area (Å²) < 4.78 is 10.6. The summed E-state index contributed by atoms with van der Waals surface area (Å²) in [6.45, 7) is 8.00. The highest BCUT2D eigenvalue weighted by Crippen LogP contribution is 2.29. The van der Waals surface area contributed by atoms with Gasteiger partial charge in [-0.3, -0.25) is 0 Å². The van der Waals surface area contributed by atoms with Crippen molar-refractivity contribution in [2.24, 2.45) is 5.41 Å². The quantitative estimate of drug-likeness (QED) is 0.140. The van der Waals surface area contributed by atoms with Gasteiger partial charge in [-0.1, -0.05) is 117 Å². The largest absolute Gasteiger partial charge is 0.381 e. The van der Waals surface area contributed by atoms with Crippen LogP contribution in [0.25, 0.3) is 0 Å². The Labute approximate surface area is 176 Å². The van der Waals surface area contributed by atoms with Crippen molar-refractivity contribution >= 4 is 8.60 Å². The van der Waals surface area contributed by atoms with Gasteiger partial charge in [0.05, 0.1) is 13.2 Å². The lowest BCUT2D eigenvalue weighted by Gasteiger charge is -2.24. The Hall–Kier alpha value is 0.270. The Morgan fingerprint density at radius 3 is 1.39 bits per heavy atom. The Balaban J connectivity index is 3.18. The van der Waals surface area contributed by atoms with Crippen LogP contribution in [-0.4, -0.2) is 29.6 Å². The van der Waals surface area contributed by atoms with Gasteiger partial charge in [0.15, 0.2) is 0 Å². The van der Waals surface area contributed by atoms with Crippen molar-refractivity contribution in [3.05, 3.63) is 0 Å². The van der Waals surface area contributed by atoms with Gasteiger partial charge in [0.1, 0.15) is 0 Å². The molecule has 0 aliphatic carbocycles. The van der Waals surface area contributed by atoms with Gasteiger partial charge >= 0.3 is 8.60 Å². The summed E-state index contributed by atoms with van der Waals surface area (Å²) in [5, 5.41) is 0. The van der Waals surface area contributed by atoms with E-state index >= 15 is 0 Å². The van der Waals surface area contributed by atoms with Crippen LogP contribution in [0.1, 0.15) is 124 Å². The van der Waals surface area contributed by atoms with Crippen LogP contribution in [0.2, 0.25) is 0 Å². The molecule has 0 radical (unpaired) electrons. The predicted molar refractivity (Wildman–Crippen MR) is 121 cm³/mol. The molecule has 4 nitrogen and oxygen atoms in total. The van der Waals surface area contributed by atoms with E-state index in [-0.39, 0.29) is 5.41 Å². The van der Waals surface area contributed by atoms with E-state index in [1.807, 2.05) is 13.8 Å². The van der Waals surface area contributed by atoms with Crippen LogP contribution in [-0.2, 0) is 9.26 Å². The first kappa shape index (κ1) is 28.3. The van der Waals surface area contributed by atoms with Gasteiger partial charge in [-0.2, -0.15) is 0 Å². The third-order valence-electron chi connectivity index (χ3n) is 5.21. The van der Waals surface area contributed by atoms with Gasteiger partial charge < -0.3 is 19.0 Å². The molecule has 170 valence electrons. The monoisotopic (exact) mass is 420 g/mol. The van der Waals surface area contributed by atoms with Crippen molar-refractivity contribution in [1.29, 1.82) is 0 Å². The first-order valence-electron chi connectivity index (χ1n) is 11.9. The molecule has 0 aliphatic rings. The van der Waals surface area contributed by atoms with Crippen LogP contribution in [0, 0.1) is 5.41 Å². The average Bonchev–Trinajstić information content (AvgIpc) is 2.65. The highest BCUT2D eigenvalue weighted by molar-refractivity contribution is 7.39. The van der Waals surface area contributed by atoms with Crippen LogP contribution in [0.5, 0.6) is 0 Å². The SMILES string of the molecule is CCCCCCCCCCCCCCCCCCOCC(C)(C)COP(O)O. The summed E-state index contributed by atoms with van der Waals surface area (Å²) in [6, 6.07) is 0. The number of hydrogen-bond donors (Lipinski definition) is 2. The first-order valence-corrected chi connectivity index (χ1v) is 13.0. The summed E-state index contributed by atoms with van der Waals surface area (Å²) in [5.74, 6) is 0. The summed E-state index contributed by atoms with van der Waals surface area (Å²) in [6.07, 6.45) is 22.1. The Bertz CT molecular complexity index is 311. The smallest absolute Gasteiger partial charge is 0.327 e. The second-order valence-electron chi connectivity index (χ2n) is 9.05. The molecule has 28 heavy (non-hydrogen) atoms. The maximum atomic E-state index is 8.80. The van der Waals surface area contributed by atoms with Gasteiger partial charge in [0, 0.05) is 12.0 Å². The normalized spacial score (nSPS) is 12.2. The van der Waals surface area contributed by atoms with Crippen LogP contribution in [0.4, 0.5) is 0 Å². The molecule has 0 fully saturated rings. The molecule has 0 aliphatic heterocycles. The minimum Gasteiger partial charge on any atom is -0.381 e. The molecule has 0 aromatic heterocycles. The molecule has 5 heteroatoms. The van der Waals surface area contributed by atoms with E-state index in [2.05, 4.69) is 6.92 Å². The van der Waals surface area contributed by atoms with Crippen LogP contribution in [0.3, 0.4) is 0 Å². The predicted octanol–water partition coefficient (Wildman–Crippen LogP) is 7.52. The van der Waals surface area contributed by atoms with Crippen molar-refractivity contribution in [2.45, 2.75) is 124 Å². The molecule has 0 saturated heterocycles. The lowest BCUT2D eigenvalue weighted by molar-refractivity contribution is 0.0301. The fourth-order valence-corrected chi connectivity index (χ4v) is 3.84. The molecule has 2 N–H and O–H groups in total. The fourth-order valence-electron chi connectivity index (χ4n) is 3.37. The molecule has 0 unspecified atom stereocenters. The zero-order valence-electron chi connectivity index (χ0n) is 19.1. The highest BCUT2D eigenvalue weighted by Gasteiger charge is 2.20. The van der Waals surface area contributed by atoms with Gasteiger partial charge in [0.2, 0.25) is 0 Å². The maximum Gasteiger partial charge on any atom is 0.327 e. The van der Waals surface area contributed by atoms with Gasteiger partial charge in [0.25, 0.3) is 0 Å². The summed E-state index contributed by atoms with van der Waals surface area (Å²) in [4.78, 5) is 17.6. The second kappa shape index (κ2) is 20.5. The number of hydrogen-bond acceptors (Lipinski definition) is 4. The Morgan fingerprint density at radius 2 is 1.00 bits per heavy atom. The zero-order chi connectivity index (χ0) is 20.9. The first-order chi connectivity index (χ1) is 13.5. The zero-order valence-corrected chi connectivity index (χ0v) is 20.0. The van der Waals surface area contributed by atoms with E-state index in [0.717, 1.165) is 13.0 Å². The summed E-state index contributed by atoms with van der Waals surface area (Å²) in [5.41, 5.74) is -0.179. The molecule has 0 heterocycles. The molecule has 0 amide bonds. The maximum absolute atomic E-state index is 8.80. The highest BCUT2D eigenvalue weighted by atomic mass is 31.2. The molecule has 0 saturated carbocycles. The molecule has 0 aromatic rings. The Kier molecular flexibility index (Phi) is 20.7. The molecule has 0 rings (SSSR count). The van der Waals surface area contributed by atoms with E-state index in [1.54, 1.807) is 0 Å². The van der Waals surface area contributed by atoms with Crippen molar-refractivity contribution in [3.63, 3.8) is 0 Å². The minimum atomic E-state index is -2.26. The van der Waals surface area contributed by atoms with E-state index in [0.29, 0.717) is 13.2 Å². The number of unbranched alkanes of at least 4 members (excludes halogenated alkanes) is 15. The van der Waals surface area contributed by atoms with Crippen LogP contribution < -0.4 is 0 Å². The van der Waals surface area contributed by atoms with E-state index in [4.69, 9.17) is 19.0 Å². The van der Waals surface area contributed by atoms with Crippen LogP contribution >= 0.6 is 8.60 Å². The van der Waals surface area contributed by atoms with Crippen molar-refractivity contribution < 1.29 is 19.0 Å². The molecular formula is C23H49O4P. The number of ether oxygens (including phenoxy) is 1. The van der Waals surface area contributed by atoms with Gasteiger partial charge in [-0.05, 0) is 6.42 Å². The fraction of sp³-hybridized carbons (Fsp3) is 1.00. The van der Waals surface area contributed by atoms with Crippen molar-refractivity contribution in [1.82, 2.24) is 0 Å². The standard InChI is InChI=1S/C23H49O4P/c1-4-5-6-7-8-9-10-11-12-13-14-15-16-17-18-19-20-26-21-23(2,3)22-27-28(24)25/h24-25H,4-22H2,1-3H3. The summed E-state index contributed by atoms with van der Waals surface area (Å²) >= 11 is 0. The number of rotatable bonds is 22. The summed E-state index contributed by atoms with van der Waals surface area (Å²) in [7, 11) is -2.26. The van der Waals surface area contributed by atoms with E-state index in [1.165, 1.54) is 96.3 Å². The molecule has 0 atom stereocenters. The van der Waals surface area contributed by atoms with Crippen molar-refractivity contribution in [3.8, 4) is 0 Å². The molecule has 0 spiro atoms. The third-order valence-corrected chi connectivity index (χ3v) is 5.57.